The Morgan fingerprint density at radius 2 is 2.41 bits per heavy atom. The molecule has 2 heterocycles. The van der Waals surface area contributed by atoms with E-state index in [0.29, 0.717) is 17.5 Å². The molecule has 0 spiro atoms. The highest BCUT2D eigenvalue weighted by Crippen LogP contribution is 2.16. The Hall–Kier alpha value is -1.89. The van der Waals surface area contributed by atoms with E-state index >= 15 is 0 Å². The average Bonchev–Trinajstić information content (AvgIpc) is 2.78. The van der Waals surface area contributed by atoms with Crippen molar-refractivity contribution < 1.29 is 14.4 Å². The predicted molar refractivity (Wildman–Crippen MR) is 61.3 cm³/mol. The third kappa shape index (κ3) is 3.28. The molecule has 2 rings (SSSR count). The van der Waals surface area contributed by atoms with Crippen LogP contribution < -0.4 is 0 Å². The Labute approximate surface area is 101 Å². The Morgan fingerprint density at radius 3 is 3.12 bits per heavy atom. The number of aromatic nitrogens is 3. The van der Waals surface area contributed by atoms with Crippen LogP contribution in [0.1, 0.15) is 5.89 Å². The minimum atomic E-state index is -0.859. The molecule has 0 unspecified atom stereocenters. The van der Waals surface area contributed by atoms with Crippen LogP contribution in [-0.2, 0) is 10.5 Å². The lowest BCUT2D eigenvalue weighted by Gasteiger charge is -1.91. The highest BCUT2D eigenvalue weighted by atomic mass is 32.2. The van der Waals surface area contributed by atoms with Gasteiger partial charge in [-0.15, -0.1) is 11.8 Å². The molecule has 6 nitrogen and oxygen atoms in total. The molecular formula is C10H9N3O3S. The largest absolute Gasteiger partial charge is 0.481 e. The summed E-state index contributed by atoms with van der Waals surface area (Å²) < 4.78 is 5.00. The van der Waals surface area contributed by atoms with Crippen molar-refractivity contribution in [2.45, 2.75) is 5.75 Å². The zero-order valence-corrected chi connectivity index (χ0v) is 9.55. The topological polar surface area (TPSA) is 89.1 Å². The summed E-state index contributed by atoms with van der Waals surface area (Å²) in [6, 6.07) is 3.61. The van der Waals surface area contributed by atoms with Gasteiger partial charge in [0.15, 0.2) is 0 Å². The van der Waals surface area contributed by atoms with Crippen molar-refractivity contribution in [3.8, 4) is 11.4 Å². The van der Waals surface area contributed by atoms with E-state index < -0.39 is 5.97 Å². The first kappa shape index (κ1) is 11.6. The van der Waals surface area contributed by atoms with Gasteiger partial charge in [0.25, 0.3) is 0 Å². The molecule has 1 N–H and O–H groups in total. The van der Waals surface area contributed by atoms with Gasteiger partial charge in [0.2, 0.25) is 11.7 Å². The van der Waals surface area contributed by atoms with Gasteiger partial charge in [0, 0.05) is 18.0 Å². The van der Waals surface area contributed by atoms with Crippen molar-refractivity contribution in [3.63, 3.8) is 0 Å². The zero-order valence-electron chi connectivity index (χ0n) is 8.74. The number of pyridine rings is 1. The van der Waals surface area contributed by atoms with Gasteiger partial charge in [-0.25, -0.2) is 0 Å². The van der Waals surface area contributed by atoms with E-state index in [-0.39, 0.29) is 5.75 Å². The Kier molecular flexibility index (Phi) is 3.71. The number of carboxylic acids is 1. The highest BCUT2D eigenvalue weighted by molar-refractivity contribution is 7.99. The lowest BCUT2D eigenvalue weighted by atomic mass is 10.3. The minimum Gasteiger partial charge on any atom is -0.481 e. The number of thioether (sulfide) groups is 1. The fourth-order valence-corrected chi connectivity index (χ4v) is 1.72. The minimum absolute atomic E-state index is 0.0185. The van der Waals surface area contributed by atoms with Gasteiger partial charge < -0.3 is 9.63 Å². The van der Waals surface area contributed by atoms with Crippen molar-refractivity contribution in [2.24, 2.45) is 0 Å². The van der Waals surface area contributed by atoms with Gasteiger partial charge in [-0.1, -0.05) is 5.16 Å². The number of rotatable bonds is 5. The summed E-state index contributed by atoms with van der Waals surface area (Å²) in [4.78, 5) is 18.4. The molecule has 7 heteroatoms. The summed E-state index contributed by atoms with van der Waals surface area (Å²) in [6.45, 7) is 0. The second-order valence-corrected chi connectivity index (χ2v) is 4.13. The molecule has 0 amide bonds. The second-order valence-electron chi connectivity index (χ2n) is 3.14. The molecule has 0 aliphatic rings. The van der Waals surface area contributed by atoms with Gasteiger partial charge in [-0.2, -0.15) is 4.98 Å². The summed E-state index contributed by atoms with van der Waals surface area (Å²) in [7, 11) is 0. The summed E-state index contributed by atoms with van der Waals surface area (Å²) in [5, 5.41) is 12.3. The summed E-state index contributed by atoms with van der Waals surface area (Å²) in [6.07, 6.45) is 3.30. The van der Waals surface area contributed by atoms with Gasteiger partial charge in [0.05, 0.1) is 11.5 Å². The van der Waals surface area contributed by atoms with Crippen LogP contribution in [0.25, 0.3) is 11.4 Å². The molecule has 17 heavy (non-hydrogen) atoms. The maximum absolute atomic E-state index is 10.3. The van der Waals surface area contributed by atoms with Gasteiger partial charge >= 0.3 is 5.97 Å². The summed E-state index contributed by atoms with van der Waals surface area (Å²) in [5.74, 6) is 0.422. The monoisotopic (exact) mass is 251 g/mol. The van der Waals surface area contributed by atoms with Crippen LogP contribution in [0, 0.1) is 0 Å². The van der Waals surface area contributed by atoms with Crippen LogP contribution in [0.3, 0.4) is 0 Å². The fourth-order valence-electron chi connectivity index (χ4n) is 1.15. The van der Waals surface area contributed by atoms with Gasteiger partial charge in [-0.05, 0) is 12.1 Å². The molecule has 0 saturated heterocycles. The number of hydrogen-bond acceptors (Lipinski definition) is 6. The van der Waals surface area contributed by atoms with Gasteiger partial charge in [-0.3, -0.25) is 9.78 Å². The van der Waals surface area contributed by atoms with E-state index in [4.69, 9.17) is 9.63 Å². The average molecular weight is 251 g/mol. The maximum atomic E-state index is 10.3. The van der Waals surface area contributed by atoms with E-state index in [1.54, 1.807) is 18.5 Å². The second kappa shape index (κ2) is 5.44. The molecule has 0 fully saturated rings. The maximum Gasteiger partial charge on any atom is 0.313 e. The van der Waals surface area contributed by atoms with Crippen molar-refractivity contribution >= 4 is 17.7 Å². The van der Waals surface area contributed by atoms with E-state index in [2.05, 4.69) is 15.1 Å². The van der Waals surface area contributed by atoms with Crippen LogP contribution in [0.5, 0.6) is 0 Å². The summed E-state index contributed by atoms with van der Waals surface area (Å²) in [5.41, 5.74) is 0.769. The van der Waals surface area contributed by atoms with Crippen LogP contribution >= 0.6 is 11.8 Å². The zero-order chi connectivity index (χ0) is 12.1. The number of carboxylic acid groups (broad SMARTS) is 1. The van der Waals surface area contributed by atoms with E-state index in [1.165, 1.54) is 11.8 Å². The van der Waals surface area contributed by atoms with Crippen LogP contribution in [0.2, 0.25) is 0 Å². The summed E-state index contributed by atoms with van der Waals surface area (Å²) >= 11 is 1.21. The molecule has 0 radical (unpaired) electrons. The third-order valence-corrected chi connectivity index (χ3v) is 2.74. The van der Waals surface area contributed by atoms with Crippen molar-refractivity contribution in [1.82, 2.24) is 15.1 Å². The molecule has 2 aromatic heterocycles. The SMILES string of the molecule is O=C(O)CSCc1nc(-c2cccnc2)no1. The Balaban J connectivity index is 1.99. The lowest BCUT2D eigenvalue weighted by Crippen LogP contribution is -1.98. The van der Waals surface area contributed by atoms with Crippen molar-refractivity contribution in [2.75, 3.05) is 5.75 Å². The molecule has 0 bridgehead atoms. The smallest absolute Gasteiger partial charge is 0.313 e. The first-order valence-electron chi connectivity index (χ1n) is 4.78. The van der Waals surface area contributed by atoms with Gasteiger partial charge in [0.1, 0.15) is 0 Å². The lowest BCUT2D eigenvalue weighted by molar-refractivity contribution is -0.133. The number of aliphatic carboxylic acids is 1. The van der Waals surface area contributed by atoms with Crippen LogP contribution in [0.4, 0.5) is 0 Å². The van der Waals surface area contributed by atoms with E-state index in [9.17, 15) is 4.79 Å². The molecule has 2 aromatic rings. The fraction of sp³-hybridized carbons (Fsp3) is 0.200. The van der Waals surface area contributed by atoms with Crippen molar-refractivity contribution in [1.29, 1.82) is 0 Å². The highest BCUT2D eigenvalue weighted by Gasteiger charge is 2.09. The predicted octanol–water partition coefficient (Wildman–Crippen LogP) is 1.45. The first-order valence-corrected chi connectivity index (χ1v) is 5.93. The molecular weight excluding hydrogens is 242 g/mol. The van der Waals surface area contributed by atoms with E-state index in [0.717, 1.165) is 5.56 Å². The number of carbonyl (C=O) groups is 1. The molecule has 0 aliphatic heterocycles. The molecule has 0 aliphatic carbocycles. The van der Waals surface area contributed by atoms with E-state index in [1.807, 2.05) is 6.07 Å². The normalized spacial score (nSPS) is 10.4. The molecule has 0 saturated carbocycles. The Morgan fingerprint density at radius 1 is 1.53 bits per heavy atom. The van der Waals surface area contributed by atoms with Crippen LogP contribution in [-0.4, -0.2) is 32.0 Å². The van der Waals surface area contributed by atoms with Crippen molar-refractivity contribution in [3.05, 3.63) is 30.4 Å². The number of hydrogen-bond donors (Lipinski definition) is 1. The molecule has 0 atom stereocenters. The number of nitrogens with zero attached hydrogens (tertiary/aromatic N) is 3. The first-order chi connectivity index (χ1) is 8.25. The standard InChI is InChI=1S/C10H9N3O3S/c14-9(15)6-17-5-8-12-10(13-16-8)7-2-1-3-11-4-7/h1-4H,5-6H2,(H,14,15). The molecule has 88 valence electrons. The quantitative estimate of drug-likeness (QED) is 0.860. The van der Waals surface area contributed by atoms with Crippen LogP contribution in [0.15, 0.2) is 29.0 Å². The third-order valence-electron chi connectivity index (χ3n) is 1.84. The molecule has 0 aromatic carbocycles. The Bertz CT molecular complexity index is 501.